The molecule has 1 atom stereocenters. The van der Waals surface area contributed by atoms with Crippen molar-refractivity contribution in [3.63, 3.8) is 0 Å². The summed E-state index contributed by atoms with van der Waals surface area (Å²) in [6.45, 7) is 7.25. The number of anilines is 1. The van der Waals surface area contributed by atoms with Crippen LogP contribution in [0.25, 0.3) is 0 Å². The minimum absolute atomic E-state index is 0.107. The summed E-state index contributed by atoms with van der Waals surface area (Å²) in [4.78, 5) is 17.0. The van der Waals surface area contributed by atoms with E-state index in [-0.39, 0.29) is 5.92 Å². The third-order valence-corrected chi connectivity index (χ3v) is 6.35. The van der Waals surface area contributed by atoms with Crippen LogP contribution < -0.4 is 4.90 Å². The quantitative estimate of drug-likeness (QED) is 0.822. The molecule has 1 spiro atoms. The Bertz CT molecular complexity index is 594. The van der Waals surface area contributed by atoms with Crippen LogP contribution in [-0.4, -0.2) is 60.4 Å². The maximum Gasteiger partial charge on any atom is 0.228 e. The molecule has 0 saturated carbocycles. The highest BCUT2D eigenvalue weighted by atomic mass is 16.5. The van der Waals surface area contributed by atoms with Gasteiger partial charge < -0.3 is 14.5 Å². The summed E-state index contributed by atoms with van der Waals surface area (Å²) in [6.07, 6.45) is 5.56. The lowest BCUT2D eigenvalue weighted by molar-refractivity contribution is -0.138. The number of likely N-dealkylation sites (tertiary alicyclic amines) is 1. The van der Waals surface area contributed by atoms with E-state index in [2.05, 4.69) is 26.1 Å². The highest BCUT2D eigenvalue weighted by Crippen LogP contribution is 2.42. The minimum atomic E-state index is 0.107. The number of amides is 1. The molecule has 4 rings (SSSR count). The van der Waals surface area contributed by atoms with Crippen molar-refractivity contribution in [3.8, 4) is 0 Å². The third kappa shape index (κ3) is 3.50. The molecule has 3 fully saturated rings. The number of hydrogen-bond acceptors (Lipinski definition) is 5. The highest BCUT2D eigenvalue weighted by molar-refractivity contribution is 5.79. The van der Waals surface area contributed by atoms with Gasteiger partial charge in [0.2, 0.25) is 5.91 Å². The van der Waals surface area contributed by atoms with E-state index >= 15 is 0 Å². The molecule has 6 nitrogen and oxygen atoms in total. The van der Waals surface area contributed by atoms with Gasteiger partial charge in [0.15, 0.2) is 5.82 Å². The van der Waals surface area contributed by atoms with E-state index in [4.69, 9.17) is 4.74 Å². The number of aromatic nitrogens is 2. The number of rotatable bonds is 2. The Kier molecular flexibility index (Phi) is 4.63. The van der Waals surface area contributed by atoms with Gasteiger partial charge in [0.25, 0.3) is 0 Å². The normalized spacial score (nSPS) is 26.2. The highest BCUT2D eigenvalue weighted by Gasteiger charge is 2.40. The van der Waals surface area contributed by atoms with Crippen LogP contribution in [0.2, 0.25) is 0 Å². The second kappa shape index (κ2) is 6.90. The summed E-state index contributed by atoms with van der Waals surface area (Å²) in [5.74, 6) is 1.42. The van der Waals surface area contributed by atoms with Gasteiger partial charge in [-0.15, -0.1) is 5.10 Å². The SMILES string of the molecule is Cc1ccc(N2CCC3(CCN(C(=O)[C@@H]4CCOC4)CC3)CC2)nn1. The van der Waals surface area contributed by atoms with Gasteiger partial charge in [-0.05, 0) is 56.6 Å². The lowest BCUT2D eigenvalue weighted by Gasteiger charge is -2.47. The van der Waals surface area contributed by atoms with Crippen molar-refractivity contribution in [2.24, 2.45) is 11.3 Å². The first-order chi connectivity index (χ1) is 12.2. The van der Waals surface area contributed by atoms with Gasteiger partial charge in [-0.1, -0.05) is 0 Å². The van der Waals surface area contributed by atoms with Crippen LogP contribution in [0.5, 0.6) is 0 Å². The lowest BCUT2D eigenvalue weighted by atomic mass is 9.71. The molecule has 1 aromatic heterocycles. The van der Waals surface area contributed by atoms with Gasteiger partial charge in [-0.3, -0.25) is 4.79 Å². The lowest BCUT2D eigenvalue weighted by Crippen LogP contribution is -2.49. The van der Waals surface area contributed by atoms with Crippen molar-refractivity contribution in [3.05, 3.63) is 17.8 Å². The minimum Gasteiger partial charge on any atom is -0.381 e. The molecule has 0 radical (unpaired) electrons. The molecule has 0 N–H and O–H groups in total. The first-order valence-electron chi connectivity index (χ1n) is 9.57. The number of aryl methyl sites for hydroxylation is 1. The van der Waals surface area contributed by atoms with Crippen LogP contribution in [0.1, 0.15) is 37.8 Å². The van der Waals surface area contributed by atoms with E-state index in [0.29, 0.717) is 17.9 Å². The van der Waals surface area contributed by atoms with E-state index in [1.807, 2.05) is 13.0 Å². The number of nitrogens with zero attached hydrogens (tertiary/aromatic N) is 4. The first kappa shape index (κ1) is 16.8. The number of piperidine rings is 2. The molecule has 1 amide bonds. The predicted octanol–water partition coefficient (Wildman–Crippen LogP) is 2.03. The summed E-state index contributed by atoms with van der Waals surface area (Å²) in [6, 6.07) is 4.11. The molecule has 3 saturated heterocycles. The Morgan fingerprint density at radius 3 is 2.44 bits per heavy atom. The van der Waals surface area contributed by atoms with Crippen molar-refractivity contribution in [1.82, 2.24) is 15.1 Å². The number of carbonyl (C=O) groups is 1. The summed E-state index contributed by atoms with van der Waals surface area (Å²) < 4.78 is 5.38. The molecule has 0 bridgehead atoms. The van der Waals surface area contributed by atoms with Crippen molar-refractivity contribution in [2.45, 2.75) is 39.0 Å². The average Bonchev–Trinajstić information content (AvgIpc) is 3.18. The van der Waals surface area contributed by atoms with Crippen LogP contribution in [0.15, 0.2) is 12.1 Å². The Balaban J connectivity index is 1.30. The number of carbonyl (C=O) groups excluding carboxylic acids is 1. The van der Waals surface area contributed by atoms with Gasteiger partial charge in [0.05, 0.1) is 18.2 Å². The van der Waals surface area contributed by atoms with Crippen molar-refractivity contribution < 1.29 is 9.53 Å². The Hall–Kier alpha value is -1.69. The van der Waals surface area contributed by atoms with Crippen LogP contribution in [0, 0.1) is 18.3 Å². The molecular formula is C19H28N4O2. The maximum atomic E-state index is 12.6. The smallest absolute Gasteiger partial charge is 0.228 e. The van der Waals surface area contributed by atoms with Crippen LogP contribution in [-0.2, 0) is 9.53 Å². The zero-order valence-electron chi connectivity index (χ0n) is 15.1. The molecule has 3 aliphatic rings. The zero-order chi connectivity index (χ0) is 17.3. The second-order valence-electron chi connectivity index (χ2n) is 7.91. The molecular weight excluding hydrogens is 316 g/mol. The summed E-state index contributed by atoms with van der Waals surface area (Å²) >= 11 is 0. The maximum absolute atomic E-state index is 12.6. The molecule has 0 aliphatic carbocycles. The number of hydrogen-bond donors (Lipinski definition) is 0. The Morgan fingerprint density at radius 2 is 1.84 bits per heavy atom. The van der Waals surface area contributed by atoms with Crippen molar-refractivity contribution in [2.75, 3.05) is 44.3 Å². The molecule has 4 heterocycles. The van der Waals surface area contributed by atoms with Crippen molar-refractivity contribution >= 4 is 11.7 Å². The van der Waals surface area contributed by atoms with E-state index in [1.165, 1.54) is 12.8 Å². The van der Waals surface area contributed by atoms with Gasteiger partial charge >= 0.3 is 0 Å². The first-order valence-corrected chi connectivity index (χ1v) is 9.57. The topological polar surface area (TPSA) is 58.6 Å². The Morgan fingerprint density at radius 1 is 1.12 bits per heavy atom. The summed E-state index contributed by atoms with van der Waals surface area (Å²) in [5.41, 5.74) is 1.37. The van der Waals surface area contributed by atoms with E-state index in [9.17, 15) is 4.79 Å². The van der Waals surface area contributed by atoms with Crippen LogP contribution >= 0.6 is 0 Å². The fourth-order valence-corrected chi connectivity index (χ4v) is 4.46. The molecule has 6 heteroatoms. The van der Waals surface area contributed by atoms with E-state index < -0.39 is 0 Å². The van der Waals surface area contributed by atoms with Crippen LogP contribution in [0.3, 0.4) is 0 Å². The van der Waals surface area contributed by atoms with Gasteiger partial charge in [-0.25, -0.2) is 0 Å². The van der Waals surface area contributed by atoms with Gasteiger partial charge in [0.1, 0.15) is 0 Å². The second-order valence-corrected chi connectivity index (χ2v) is 7.91. The molecule has 25 heavy (non-hydrogen) atoms. The Labute approximate surface area is 149 Å². The molecule has 0 unspecified atom stereocenters. The fourth-order valence-electron chi connectivity index (χ4n) is 4.46. The fraction of sp³-hybridized carbons (Fsp3) is 0.737. The summed E-state index contributed by atoms with van der Waals surface area (Å²) in [7, 11) is 0. The average molecular weight is 344 g/mol. The number of ether oxygens (including phenoxy) is 1. The summed E-state index contributed by atoms with van der Waals surface area (Å²) in [5, 5.41) is 8.51. The standard InChI is InChI=1S/C19H28N4O2/c1-15-2-3-17(21-20-15)22-9-5-19(6-10-22)7-11-23(12-8-19)18(24)16-4-13-25-14-16/h2-3,16H,4-14H2,1H3/t16-/m1/s1. The van der Waals surface area contributed by atoms with Gasteiger partial charge in [0, 0.05) is 32.8 Å². The molecule has 136 valence electrons. The van der Waals surface area contributed by atoms with Crippen molar-refractivity contribution in [1.29, 1.82) is 0 Å². The predicted molar refractivity (Wildman–Crippen MR) is 95.4 cm³/mol. The molecule has 0 aromatic carbocycles. The van der Waals surface area contributed by atoms with E-state index in [1.54, 1.807) is 0 Å². The van der Waals surface area contributed by atoms with Crippen LogP contribution in [0.4, 0.5) is 5.82 Å². The molecule has 3 aliphatic heterocycles. The zero-order valence-corrected chi connectivity index (χ0v) is 15.1. The van der Waals surface area contributed by atoms with E-state index in [0.717, 1.165) is 63.6 Å². The van der Waals surface area contributed by atoms with Gasteiger partial charge in [-0.2, -0.15) is 5.10 Å². The monoisotopic (exact) mass is 344 g/mol. The third-order valence-electron chi connectivity index (χ3n) is 6.35. The molecule has 1 aromatic rings. The largest absolute Gasteiger partial charge is 0.381 e.